The molecule has 78 heavy (non-hydrogen) atoms. The summed E-state index contributed by atoms with van der Waals surface area (Å²) in [5.74, 6) is 2.60. The zero-order valence-electron chi connectivity index (χ0n) is 46.2. The summed E-state index contributed by atoms with van der Waals surface area (Å²) in [4.78, 5) is 56.4. The van der Waals surface area contributed by atoms with Gasteiger partial charge in [-0.25, -0.2) is 4.57 Å². The summed E-state index contributed by atoms with van der Waals surface area (Å²) in [6.45, 7) is 20.4. The van der Waals surface area contributed by atoms with Gasteiger partial charge in [0.2, 0.25) is 0 Å². The van der Waals surface area contributed by atoms with Crippen molar-refractivity contribution in [2.45, 2.75) is 136 Å². The van der Waals surface area contributed by atoms with Crippen molar-refractivity contribution < 1.29 is 17.7 Å². The van der Waals surface area contributed by atoms with E-state index in [1.807, 2.05) is 0 Å². The molecule has 10 aromatic rings. The molecule has 8 atom stereocenters. The third kappa shape index (κ3) is 5.36. The van der Waals surface area contributed by atoms with E-state index in [2.05, 4.69) is 98.7 Å². The monoisotopic (exact) mass is 1040 g/mol. The van der Waals surface area contributed by atoms with Gasteiger partial charge >= 0.3 is 0 Å². The molecule has 394 valence electrons. The highest BCUT2D eigenvalue weighted by molar-refractivity contribution is 5.97. The number of fused-ring (bicyclic) bond motifs is 6. The standard InChI is InChI=1S/C68H64N2O8/c1-29(2)67-44-17-13-14-18-45(44)68(30(3)4,47-26-55-54(25-46(47)67)75-50-21-38-39(22-51(50)76-55)64(72)69(10)63(38)71)49-28-57-56(27-48(49)67)77-52-23-40-41(24-53(52)78-57)66(74)70(65(40)73)62-32(6)20-43-59(35(62)9)61-37-16-12-11-15-36(37)60(43)42-19-31(5)33(7)34(8)58(42)61/h19-30,36-37,44-45,60-61H,11-18H2,1-10H3. The summed E-state index contributed by atoms with van der Waals surface area (Å²) in [5.41, 5.74) is 19.1. The minimum atomic E-state index is -0.450. The van der Waals surface area contributed by atoms with Crippen molar-refractivity contribution in [2.75, 3.05) is 0 Å². The molecule has 0 aliphatic heterocycles. The molecule has 8 aliphatic carbocycles. The normalized spacial score (nSPS) is 25.7. The molecule has 0 N–H and O–H groups in total. The third-order valence-electron chi connectivity index (χ3n) is 22.0. The predicted octanol–water partition coefficient (Wildman–Crippen LogP) is 14.5. The van der Waals surface area contributed by atoms with Gasteiger partial charge < -0.3 is 17.7 Å². The Morgan fingerprint density at radius 3 is 1.22 bits per heavy atom. The minimum absolute atomic E-state index is 0.151. The SMILES string of the molecule is Cc1cc2c(c(C)c1C)C1c3c(cc(C)c(-n4c(=O)c5cc6oc7cc8c(cc7oc6cc5c4=O)C4(C(C)C)c5cc6oc7cc9c(=O)n(C)c(=O)c9cc7oc6cc5C8(C(C)C)C5CCCCC54)c3C)C2C2CCCCC12. The van der Waals surface area contributed by atoms with Crippen LogP contribution in [0.1, 0.15) is 163 Å². The van der Waals surface area contributed by atoms with E-state index in [1.54, 1.807) is 24.3 Å². The number of nitrogens with zero attached hydrogens (tertiary/aromatic N) is 2. The second kappa shape index (κ2) is 15.3. The lowest BCUT2D eigenvalue weighted by Gasteiger charge is -2.67. The van der Waals surface area contributed by atoms with E-state index in [0.717, 1.165) is 41.4 Å². The number of benzene rings is 6. The maximum atomic E-state index is 15.1. The average molecular weight is 1040 g/mol. The highest BCUT2D eigenvalue weighted by Crippen LogP contribution is 2.72. The molecule has 10 heteroatoms. The molecule has 0 spiro atoms. The Kier molecular flexibility index (Phi) is 9.21. The van der Waals surface area contributed by atoms with E-state index in [-0.39, 0.29) is 40.0 Å². The van der Waals surface area contributed by atoms with Crippen LogP contribution in [0, 0.1) is 70.1 Å². The second-order valence-electron chi connectivity index (χ2n) is 25.6. The van der Waals surface area contributed by atoms with Crippen LogP contribution in [0.5, 0.6) is 0 Å². The molecule has 10 nitrogen and oxygen atoms in total. The van der Waals surface area contributed by atoms with E-state index in [4.69, 9.17) is 17.7 Å². The maximum absolute atomic E-state index is 15.1. The summed E-state index contributed by atoms with van der Waals surface area (Å²) in [7, 11) is 1.50. The van der Waals surface area contributed by atoms with Crippen molar-refractivity contribution in [1.29, 1.82) is 0 Å². The maximum Gasteiger partial charge on any atom is 0.266 e. The van der Waals surface area contributed by atoms with E-state index in [1.165, 1.54) is 98.5 Å². The summed E-state index contributed by atoms with van der Waals surface area (Å²) in [6.07, 6.45) is 9.39. The Labute approximate surface area is 450 Å². The molecule has 2 saturated carbocycles. The Bertz CT molecular complexity index is 4490. The van der Waals surface area contributed by atoms with Gasteiger partial charge in [-0.1, -0.05) is 65.5 Å². The summed E-state index contributed by atoms with van der Waals surface area (Å²) in [6, 6.07) is 20.4. The number of hydrogen-bond donors (Lipinski definition) is 0. The van der Waals surface area contributed by atoms with E-state index in [0.29, 0.717) is 101 Å². The summed E-state index contributed by atoms with van der Waals surface area (Å²) >= 11 is 0. The molecule has 0 amide bonds. The highest BCUT2D eigenvalue weighted by Gasteiger charge is 2.67. The van der Waals surface area contributed by atoms with Crippen LogP contribution in [0.4, 0.5) is 0 Å². The highest BCUT2D eigenvalue weighted by atomic mass is 16.4. The smallest absolute Gasteiger partial charge is 0.266 e. The number of rotatable bonds is 3. The van der Waals surface area contributed by atoms with Crippen LogP contribution in [0.25, 0.3) is 71.9 Å². The van der Waals surface area contributed by atoms with Gasteiger partial charge in [-0.3, -0.25) is 23.7 Å². The molecule has 6 aromatic carbocycles. The number of aryl methyl sites for hydroxylation is 2. The van der Waals surface area contributed by atoms with Gasteiger partial charge in [0, 0.05) is 29.7 Å². The fourth-order valence-electron chi connectivity index (χ4n) is 18.9. The van der Waals surface area contributed by atoms with Crippen molar-refractivity contribution in [1.82, 2.24) is 9.13 Å². The predicted molar refractivity (Wildman–Crippen MR) is 306 cm³/mol. The first-order valence-electron chi connectivity index (χ1n) is 28.9. The summed E-state index contributed by atoms with van der Waals surface area (Å²) < 4.78 is 30.1. The van der Waals surface area contributed by atoms with Crippen LogP contribution >= 0.6 is 0 Å². The second-order valence-corrected chi connectivity index (χ2v) is 25.6. The van der Waals surface area contributed by atoms with Gasteiger partial charge in [-0.2, -0.15) is 0 Å². The molecule has 0 saturated heterocycles. The van der Waals surface area contributed by atoms with Gasteiger partial charge in [0.15, 0.2) is 44.7 Å². The quantitative estimate of drug-likeness (QED) is 0.160. The number of hydrogen-bond acceptors (Lipinski definition) is 8. The van der Waals surface area contributed by atoms with Gasteiger partial charge in [0.1, 0.15) is 0 Å². The first-order chi connectivity index (χ1) is 37.5. The molecular weight excluding hydrogens is 973 g/mol. The van der Waals surface area contributed by atoms with Gasteiger partial charge in [-0.15, -0.1) is 0 Å². The van der Waals surface area contributed by atoms with Crippen molar-refractivity contribution >= 4 is 66.2 Å². The fraction of sp³-hybridized carbons (Fsp3) is 0.412. The van der Waals surface area contributed by atoms with Gasteiger partial charge in [0.25, 0.3) is 22.2 Å². The van der Waals surface area contributed by atoms with Crippen LogP contribution in [-0.4, -0.2) is 9.13 Å². The van der Waals surface area contributed by atoms with Crippen LogP contribution in [0.15, 0.2) is 97.5 Å². The fourth-order valence-corrected chi connectivity index (χ4v) is 18.9. The lowest BCUT2D eigenvalue weighted by atomic mass is 9.35. The largest absolute Gasteiger partial charge is 0.449 e. The van der Waals surface area contributed by atoms with Gasteiger partial charge in [0.05, 0.1) is 27.2 Å². The molecule has 2 fully saturated rings. The van der Waals surface area contributed by atoms with Crippen molar-refractivity contribution in [3.05, 3.63) is 174 Å². The Morgan fingerprint density at radius 2 is 0.795 bits per heavy atom. The zero-order chi connectivity index (χ0) is 53.7. The molecule has 18 rings (SSSR count). The Morgan fingerprint density at radius 1 is 0.436 bits per heavy atom. The van der Waals surface area contributed by atoms with E-state index < -0.39 is 10.8 Å². The van der Waals surface area contributed by atoms with Crippen molar-refractivity contribution in [3.63, 3.8) is 0 Å². The van der Waals surface area contributed by atoms with E-state index in [9.17, 15) is 9.59 Å². The Balaban J connectivity index is 0.898. The average Bonchev–Trinajstić information content (AvgIpc) is 1.13. The molecule has 8 aliphatic rings. The molecular formula is C68H64N2O8. The first-order valence-corrected chi connectivity index (χ1v) is 28.9. The first kappa shape index (κ1) is 46.9. The lowest BCUT2D eigenvalue weighted by Crippen LogP contribution is -2.64. The van der Waals surface area contributed by atoms with Crippen molar-refractivity contribution in [3.8, 4) is 5.69 Å². The summed E-state index contributed by atoms with van der Waals surface area (Å²) in [5, 5.41) is 1.25. The minimum Gasteiger partial charge on any atom is -0.449 e. The zero-order valence-corrected chi connectivity index (χ0v) is 46.2. The molecule has 4 aromatic heterocycles. The van der Waals surface area contributed by atoms with Crippen LogP contribution in [0.3, 0.4) is 0 Å². The van der Waals surface area contributed by atoms with Crippen LogP contribution in [-0.2, 0) is 17.9 Å². The lowest BCUT2D eigenvalue weighted by molar-refractivity contribution is 0.0102. The molecule has 8 unspecified atom stereocenters. The molecule has 4 bridgehead atoms. The molecule has 4 heterocycles. The Hall–Kier alpha value is -7.20. The van der Waals surface area contributed by atoms with Gasteiger partial charge in [-0.05, 0) is 217 Å². The van der Waals surface area contributed by atoms with Crippen LogP contribution in [0.2, 0.25) is 0 Å². The van der Waals surface area contributed by atoms with Crippen LogP contribution < -0.4 is 22.2 Å². The number of aromatic nitrogens is 2. The van der Waals surface area contributed by atoms with Crippen molar-refractivity contribution in [2.24, 2.45) is 42.6 Å². The van der Waals surface area contributed by atoms with E-state index >= 15 is 9.59 Å². The topological polar surface area (TPSA) is 131 Å². The third-order valence-corrected chi connectivity index (χ3v) is 22.0. The molecule has 0 radical (unpaired) electrons.